The van der Waals surface area contributed by atoms with Gasteiger partial charge in [0, 0.05) is 12.1 Å². The molecule has 1 aromatic heterocycles. The molecule has 25 heavy (non-hydrogen) atoms. The largest absolute Gasteiger partial charge is 0.338 e. The second-order valence-corrected chi connectivity index (χ2v) is 7.86. The van der Waals surface area contributed by atoms with Crippen LogP contribution < -0.4 is 10.6 Å². The molecule has 0 bridgehead atoms. The molecule has 1 atom stereocenters. The van der Waals surface area contributed by atoms with Crippen LogP contribution in [0.5, 0.6) is 0 Å². The molecule has 5 heteroatoms. The summed E-state index contributed by atoms with van der Waals surface area (Å²) in [6.07, 6.45) is 0. The highest BCUT2D eigenvalue weighted by atomic mass is 16.5. The van der Waals surface area contributed by atoms with Gasteiger partial charge in [-0.2, -0.15) is 0 Å². The zero-order valence-electron chi connectivity index (χ0n) is 16.0. The van der Waals surface area contributed by atoms with E-state index in [-0.39, 0.29) is 23.9 Å². The summed E-state index contributed by atoms with van der Waals surface area (Å²) in [7, 11) is 0. The Bertz CT molecular complexity index is 696. The lowest BCUT2D eigenvalue weighted by Crippen LogP contribution is -2.33. The molecule has 2 aromatic rings. The van der Waals surface area contributed by atoms with Crippen molar-refractivity contribution in [3.05, 3.63) is 47.2 Å². The second-order valence-electron chi connectivity index (χ2n) is 7.86. The van der Waals surface area contributed by atoms with Crippen LogP contribution in [-0.2, 0) is 10.2 Å². The molecular formula is C20H29N3O2. The molecule has 0 spiro atoms. The standard InChI is InChI=1S/C20H29N3O2/c1-13(2)19(15-7-9-16(10-8-15)20(4,5)6)21-12-17(24)22-18-11-14(3)23-25-18/h7-11,13,19,21H,12H2,1-6H3,(H,22,24). The van der Waals surface area contributed by atoms with E-state index in [1.54, 1.807) is 6.07 Å². The summed E-state index contributed by atoms with van der Waals surface area (Å²) in [6.45, 7) is 12.9. The van der Waals surface area contributed by atoms with Crippen molar-refractivity contribution in [2.75, 3.05) is 11.9 Å². The molecule has 5 nitrogen and oxygen atoms in total. The van der Waals surface area contributed by atoms with Gasteiger partial charge in [0.1, 0.15) is 0 Å². The van der Waals surface area contributed by atoms with Crippen LogP contribution in [0.2, 0.25) is 0 Å². The van der Waals surface area contributed by atoms with E-state index in [4.69, 9.17) is 4.52 Å². The molecule has 1 heterocycles. The molecule has 1 aromatic carbocycles. The SMILES string of the molecule is Cc1cc(NC(=O)CNC(c2ccc(C(C)(C)C)cc2)C(C)C)on1. The minimum Gasteiger partial charge on any atom is -0.338 e. The molecule has 0 aliphatic heterocycles. The Morgan fingerprint density at radius 3 is 2.32 bits per heavy atom. The number of anilines is 1. The first-order chi connectivity index (χ1) is 11.7. The minimum atomic E-state index is -0.145. The first-order valence-corrected chi connectivity index (χ1v) is 8.74. The van der Waals surface area contributed by atoms with Gasteiger partial charge < -0.3 is 9.84 Å². The lowest BCUT2D eigenvalue weighted by atomic mass is 9.85. The van der Waals surface area contributed by atoms with Crippen molar-refractivity contribution in [3.63, 3.8) is 0 Å². The van der Waals surface area contributed by atoms with E-state index in [9.17, 15) is 4.79 Å². The van der Waals surface area contributed by atoms with Gasteiger partial charge >= 0.3 is 0 Å². The lowest BCUT2D eigenvalue weighted by Gasteiger charge is -2.24. The molecule has 0 saturated heterocycles. The highest BCUT2D eigenvalue weighted by molar-refractivity contribution is 5.90. The summed E-state index contributed by atoms with van der Waals surface area (Å²) < 4.78 is 5.01. The van der Waals surface area contributed by atoms with Crippen LogP contribution in [0.3, 0.4) is 0 Å². The monoisotopic (exact) mass is 343 g/mol. The number of aromatic nitrogens is 1. The van der Waals surface area contributed by atoms with Crippen LogP contribution in [0.1, 0.15) is 57.5 Å². The van der Waals surface area contributed by atoms with Crippen molar-refractivity contribution in [1.82, 2.24) is 10.5 Å². The van der Waals surface area contributed by atoms with Crippen LogP contribution in [0.15, 0.2) is 34.9 Å². The van der Waals surface area contributed by atoms with Crippen molar-refractivity contribution in [2.24, 2.45) is 5.92 Å². The molecular weight excluding hydrogens is 314 g/mol. The summed E-state index contributed by atoms with van der Waals surface area (Å²) in [4.78, 5) is 12.1. The third kappa shape index (κ3) is 5.43. The average molecular weight is 343 g/mol. The van der Waals surface area contributed by atoms with Crippen LogP contribution in [0.25, 0.3) is 0 Å². The van der Waals surface area contributed by atoms with E-state index in [0.29, 0.717) is 11.8 Å². The number of rotatable bonds is 6. The number of hydrogen-bond donors (Lipinski definition) is 2. The van der Waals surface area contributed by atoms with Crippen LogP contribution in [-0.4, -0.2) is 17.6 Å². The van der Waals surface area contributed by atoms with Gasteiger partial charge in [0.15, 0.2) is 0 Å². The Kier molecular flexibility index (Phi) is 6.01. The number of hydrogen-bond acceptors (Lipinski definition) is 4. The van der Waals surface area contributed by atoms with E-state index in [0.717, 1.165) is 5.69 Å². The normalized spacial score (nSPS) is 13.1. The Morgan fingerprint density at radius 2 is 1.84 bits per heavy atom. The maximum atomic E-state index is 12.1. The van der Waals surface area contributed by atoms with Crippen molar-refractivity contribution >= 4 is 11.8 Å². The van der Waals surface area contributed by atoms with Gasteiger partial charge in [-0.15, -0.1) is 0 Å². The number of nitrogens with zero attached hydrogens (tertiary/aromatic N) is 1. The molecule has 1 amide bonds. The summed E-state index contributed by atoms with van der Waals surface area (Å²) >= 11 is 0. The Hall–Kier alpha value is -2.14. The molecule has 2 N–H and O–H groups in total. The molecule has 136 valence electrons. The fraction of sp³-hybridized carbons (Fsp3) is 0.500. The maximum Gasteiger partial charge on any atom is 0.240 e. The summed E-state index contributed by atoms with van der Waals surface area (Å²) in [5, 5.41) is 9.81. The number of benzene rings is 1. The van der Waals surface area contributed by atoms with Gasteiger partial charge in [-0.3, -0.25) is 10.1 Å². The lowest BCUT2D eigenvalue weighted by molar-refractivity contribution is -0.115. The van der Waals surface area contributed by atoms with Crippen molar-refractivity contribution < 1.29 is 9.32 Å². The van der Waals surface area contributed by atoms with Crippen molar-refractivity contribution in [2.45, 2.75) is 53.0 Å². The molecule has 2 rings (SSSR count). The zero-order valence-corrected chi connectivity index (χ0v) is 16.0. The molecule has 0 saturated carbocycles. The first kappa shape index (κ1) is 19.2. The molecule has 1 unspecified atom stereocenters. The highest BCUT2D eigenvalue weighted by Crippen LogP contribution is 2.26. The second kappa shape index (κ2) is 7.83. The number of amides is 1. The summed E-state index contributed by atoms with van der Waals surface area (Å²) in [6, 6.07) is 10.4. The summed E-state index contributed by atoms with van der Waals surface area (Å²) in [5.41, 5.74) is 3.36. The molecule has 0 radical (unpaired) electrons. The minimum absolute atomic E-state index is 0.108. The van der Waals surface area contributed by atoms with Gasteiger partial charge in [0.25, 0.3) is 0 Å². The van der Waals surface area contributed by atoms with Gasteiger partial charge in [-0.1, -0.05) is 64.0 Å². The zero-order chi connectivity index (χ0) is 18.6. The molecule has 0 fully saturated rings. The third-order valence-corrected chi connectivity index (χ3v) is 4.18. The maximum absolute atomic E-state index is 12.1. The predicted molar refractivity (Wildman–Crippen MR) is 101 cm³/mol. The van der Waals surface area contributed by atoms with Crippen LogP contribution >= 0.6 is 0 Å². The fourth-order valence-corrected chi connectivity index (χ4v) is 2.74. The van der Waals surface area contributed by atoms with Gasteiger partial charge in [0.2, 0.25) is 11.8 Å². The Balaban J connectivity index is 1.99. The van der Waals surface area contributed by atoms with E-state index < -0.39 is 0 Å². The van der Waals surface area contributed by atoms with Crippen molar-refractivity contribution in [3.8, 4) is 0 Å². The number of carbonyl (C=O) groups is 1. The third-order valence-electron chi connectivity index (χ3n) is 4.18. The van der Waals surface area contributed by atoms with E-state index in [1.807, 2.05) is 6.92 Å². The number of carbonyl (C=O) groups excluding carboxylic acids is 1. The Labute approximate surface area is 150 Å². The Morgan fingerprint density at radius 1 is 1.20 bits per heavy atom. The number of aryl methyl sites for hydroxylation is 1. The van der Waals surface area contributed by atoms with Crippen LogP contribution in [0, 0.1) is 12.8 Å². The predicted octanol–water partition coefficient (Wildman–Crippen LogP) is 4.21. The van der Waals surface area contributed by atoms with Crippen molar-refractivity contribution in [1.29, 1.82) is 0 Å². The van der Waals surface area contributed by atoms with E-state index in [2.05, 4.69) is 74.7 Å². The molecule has 0 aliphatic carbocycles. The number of nitrogens with one attached hydrogen (secondary N) is 2. The van der Waals surface area contributed by atoms with Crippen LogP contribution in [0.4, 0.5) is 5.88 Å². The quantitative estimate of drug-likeness (QED) is 0.824. The highest BCUT2D eigenvalue weighted by Gasteiger charge is 2.19. The van der Waals surface area contributed by atoms with E-state index >= 15 is 0 Å². The van der Waals surface area contributed by atoms with Gasteiger partial charge in [-0.25, -0.2) is 0 Å². The van der Waals surface area contributed by atoms with E-state index in [1.165, 1.54) is 11.1 Å². The first-order valence-electron chi connectivity index (χ1n) is 8.74. The fourth-order valence-electron chi connectivity index (χ4n) is 2.74. The van der Waals surface area contributed by atoms with Gasteiger partial charge in [0.05, 0.1) is 12.2 Å². The summed E-state index contributed by atoms with van der Waals surface area (Å²) in [5.74, 6) is 0.592. The smallest absolute Gasteiger partial charge is 0.240 e. The molecule has 0 aliphatic rings. The van der Waals surface area contributed by atoms with Gasteiger partial charge in [-0.05, 0) is 29.4 Å². The average Bonchev–Trinajstić information content (AvgIpc) is 2.91. The topological polar surface area (TPSA) is 67.2 Å².